The zero-order valence-corrected chi connectivity index (χ0v) is 14.0. The molecule has 0 N–H and O–H groups in total. The lowest BCUT2D eigenvalue weighted by molar-refractivity contribution is 0.890. The second kappa shape index (κ2) is 5.57. The van der Waals surface area contributed by atoms with E-state index >= 15 is 0 Å². The highest BCUT2D eigenvalue weighted by Gasteiger charge is 2.13. The molecule has 4 rings (SSSR count). The lowest BCUT2D eigenvalue weighted by Crippen LogP contribution is -1.94. The van der Waals surface area contributed by atoms with Crippen molar-refractivity contribution >= 4 is 10.9 Å². The summed E-state index contributed by atoms with van der Waals surface area (Å²) in [6.45, 7) is 6.10. The lowest BCUT2D eigenvalue weighted by Gasteiger charge is -2.02. The van der Waals surface area contributed by atoms with E-state index < -0.39 is 0 Å². The van der Waals surface area contributed by atoms with Gasteiger partial charge in [0.15, 0.2) is 0 Å². The van der Waals surface area contributed by atoms with Gasteiger partial charge in [0, 0.05) is 11.8 Å². The third-order valence-electron chi connectivity index (χ3n) is 4.24. The molecule has 0 fully saturated rings. The van der Waals surface area contributed by atoms with E-state index in [0.717, 1.165) is 33.5 Å². The van der Waals surface area contributed by atoms with Gasteiger partial charge in [-0.2, -0.15) is 10.2 Å². The third kappa shape index (κ3) is 2.46. The van der Waals surface area contributed by atoms with E-state index in [9.17, 15) is 0 Å². The van der Waals surface area contributed by atoms with Crippen LogP contribution in [0.1, 0.15) is 16.8 Å². The van der Waals surface area contributed by atoms with Crippen molar-refractivity contribution in [2.24, 2.45) is 0 Å². The average molecular weight is 314 g/mol. The van der Waals surface area contributed by atoms with Gasteiger partial charge >= 0.3 is 0 Å². The van der Waals surface area contributed by atoms with E-state index in [4.69, 9.17) is 5.10 Å². The fraction of sp³-hybridized carbons (Fsp3) is 0.150. The Morgan fingerprint density at radius 3 is 2.04 bits per heavy atom. The van der Waals surface area contributed by atoms with Crippen molar-refractivity contribution in [3.63, 3.8) is 0 Å². The molecule has 0 saturated carbocycles. The van der Waals surface area contributed by atoms with Gasteiger partial charge in [0.1, 0.15) is 11.2 Å². The quantitative estimate of drug-likeness (QED) is 0.550. The molecule has 0 aliphatic carbocycles. The second-order valence-electron chi connectivity index (χ2n) is 6.17. The predicted molar refractivity (Wildman–Crippen MR) is 96.3 cm³/mol. The van der Waals surface area contributed by atoms with E-state index in [1.165, 1.54) is 11.1 Å². The predicted octanol–water partition coefficient (Wildman–Crippen LogP) is 4.41. The van der Waals surface area contributed by atoms with Crippen LogP contribution in [-0.4, -0.2) is 20.0 Å². The standard InChI is InChI=1S/C20H18N4/c1-13-4-8-16(9-5-13)20-18-12-24(17-10-6-14(2)7-11-17)23-19(18)15(3)21-22-20/h4-12H,1-3H3. The molecule has 0 bridgehead atoms. The Morgan fingerprint density at radius 2 is 1.38 bits per heavy atom. The Hall–Kier alpha value is -3.01. The highest BCUT2D eigenvalue weighted by atomic mass is 15.3. The SMILES string of the molecule is Cc1ccc(-c2nnc(C)c3nn(-c4ccc(C)cc4)cc23)cc1. The molecule has 2 heterocycles. The highest BCUT2D eigenvalue weighted by molar-refractivity contribution is 5.93. The molecule has 24 heavy (non-hydrogen) atoms. The third-order valence-corrected chi connectivity index (χ3v) is 4.24. The second-order valence-corrected chi connectivity index (χ2v) is 6.17. The van der Waals surface area contributed by atoms with Gasteiger partial charge in [0.25, 0.3) is 0 Å². The first kappa shape index (κ1) is 14.6. The molecule has 2 aromatic carbocycles. The van der Waals surface area contributed by atoms with Gasteiger partial charge in [-0.1, -0.05) is 47.5 Å². The maximum Gasteiger partial charge on any atom is 0.118 e. The van der Waals surface area contributed by atoms with Crippen LogP contribution in [0.2, 0.25) is 0 Å². The molecule has 2 aromatic heterocycles. The number of hydrogen-bond donors (Lipinski definition) is 0. The molecular weight excluding hydrogens is 296 g/mol. The fourth-order valence-electron chi connectivity index (χ4n) is 2.80. The molecule has 0 atom stereocenters. The van der Waals surface area contributed by atoms with Gasteiger partial charge in [-0.25, -0.2) is 4.68 Å². The summed E-state index contributed by atoms with van der Waals surface area (Å²) in [5.74, 6) is 0. The van der Waals surface area contributed by atoms with Crippen LogP contribution in [0.25, 0.3) is 27.8 Å². The first-order chi connectivity index (χ1) is 11.6. The van der Waals surface area contributed by atoms with Crippen molar-refractivity contribution in [3.05, 3.63) is 71.5 Å². The van der Waals surface area contributed by atoms with Crippen molar-refractivity contribution in [2.45, 2.75) is 20.8 Å². The number of aromatic nitrogens is 4. The highest BCUT2D eigenvalue weighted by Crippen LogP contribution is 2.28. The molecule has 0 aliphatic heterocycles. The minimum atomic E-state index is 0.840. The number of aryl methyl sites for hydroxylation is 3. The summed E-state index contributed by atoms with van der Waals surface area (Å²) in [5.41, 5.74) is 7.15. The average Bonchev–Trinajstić information content (AvgIpc) is 3.03. The Kier molecular flexibility index (Phi) is 3.38. The molecule has 4 nitrogen and oxygen atoms in total. The molecule has 0 saturated heterocycles. The molecule has 0 spiro atoms. The molecular formula is C20H18N4. The van der Waals surface area contributed by atoms with Crippen molar-refractivity contribution in [1.29, 1.82) is 0 Å². The number of benzene rings is 2. The van der Waals surface area contributed by atoms with Gasteiger partial charge < -0.3 is 0 Å². The normalized spacial score (nSPS) is 11.1. The van der Waals surface area contributed by atoms with Crippen LogP contribution >= 0.6 is 0 Å². The van der Waals surface area contributed by atoms with E-state index in [-0.39, 0.29) is 0 Å². The van der Waals surface area contributed by atoms with Crippen molar-refractivity contribution < 1.29 is 0 Å². The zero-order valence-electron chi connectivity index (χ0n) is 14.0. The molecule has 0 unspecified atom stereocenters. The van der Waals surface area contributed by atoms with Crippen LogP contribution in [0.15, 0.2) is 54.7 Å². The summed E-state index contributed by atoms with van der Waals surface area (Å²) < 4.78 is 1.90. The van der Waals surface area contributed by atoms with Gasteiger partial charge in [0.2, 0.25) is 0 Å². The molecule has 0 radical (unpaired) electrons. The molecule has 4 aromatic rings. The molecule has 0 aliphatic rings. The van der Waals surface area contributed by atoms with Crippen LogP contribution in [0, 0.1) is 20.8 Å². The fourth-order valence-corrected chi connectivity index (χ4v) is 2.80. The number of rotatable bonds is 2. The maximum absolute atomic E-state index is 4.73. The minimum Gasteiger partial charge on any atom is -0.240 e. The lowest BCUT2D eigenvalue weighted by atomic mass is 10.1. The van der Waals surface area contributed by atoms with Crippen molar-refractivity contribution in [1.82, 2.24) is 20.0 Å². The summed E-state index contributed by atoms with van der Waals surface area (Å²) in [6, 6.07) is 16.7. The van der Waals surface area contributed by atoms with E-state index in [1.807, 2.05) is 17.8 Å². The van der Waals surface area contributed by atoms with Crippen molar-refractivity contribution in [3.8, 4) is 16.9 Å². The summed E-state index contributed by atoms with van der Waals surface area (Å²) in [6.07, 6.45) is 2.04. The van der Waals surface area contributed by atoms with Crippen LogP contribution in [-0.2, 0) is 0 Å². The Labute approximate surface area is 140 Å². The summed E-state index contributed by atoms with van der Waals surface area (Å²) in [7, 11) is 0. The topological polar surface area (TPSA) is 43.6 Å². The van der Waals surface area contributed by atoms with E-state index in [0.29, 0.717) is 0 Å². The zero-order chi connectivity index (χ0) is 16.7. The smallest absolute Gasteiger partial charge is 0.118 e. The Morgan fingerprint density at radius 1 is 0.750 bits per heavy atom. The summed E-state index contributed by atoms with van der Waals surface area (Å²) in [5, 5.41) is 14.5. The number of nitrogens with zero attached hydrogens (tertiary/aromatic N) is 4. The maximum atomic E-state index is 4.73. The van der Waals surface area contributed by atoms with E-state index in [1.54, 1.807) is 0 Å². The van der Waals surface area contributed by atoms with Crippen LogP contribution < -0.4 is 0 Å². The first-order valence-electron chi connectivity index (χ1n) is 7.98. The van der Waals surface area contributed by atoms with Gasteiger partial charge in [-0.15, -0.1) is 5.10 Å². The largest absolute Gasteiger partial charge is 0.240 e. The van der Waals surface area contributed by atoms with E-state index in [2.05, 4.69) is 72.6 Å². The molecule has 0 amide bonds. The first-order valence-corrected chi connectivity index (χ1v) is 7.98. The van der Waals surface area contributed by atoms with Crippen LogP contribution in [0.3, 0.4) is 0 Å². The minimum absolute atomic E-state index is 0.840. The number of hydrogen-bond acceptors (Lipinski definition) is 3. The van der Waals surface area contributed by atoms with Crippen LogP contribution in [0.4, 0.5) is 0 Å². The molecule has 118 valence electrons. The van der Waals surface area contributed by atoms with Crippen LogP contribution in [0.5, 0.6) is 0 Å². The van der Waals surface area contributed by atoms with Gasteiger partial charge in [-0.3, -0.25) is 0 Å². The van der Waals surface area contributed by atoms with Gasteiger partial charge in [0.05, 0.1) is 16.8 Å². The van der Waals surface area contributed by atoms with Crippen molar-refractivity contribution in [2.75, 3.05) is 0 Å². The number of fused-ring (bicyclic) bond motifs is 1. The Balaban J connectivity index is 1.92. The van der Waals surface area contributed by atoms with Gasteiger partial charge in [-0.05, 0) is 32.9 Å². The summed E-state index contributed by atoms with van der Waals surface area (Å²) >= 11 is 0. The monoisotopic (exact) mass is 314 g/mol. The summed E-state index contributed by atoms with van der Waals surface area (Å²) in [4.78, 5) is 0. The molecule has 4 heteroatoms. The Bertz CT molecular complexity index is 1010.